The van der Waals surface area contributed by atoms with Crippen LogP contribution in [0.15, 0.2) is 50.7 Å². The van der Waals surface area contributed by atoms with Gasteiger partial charge in [-0.2, -0.15) is 0 Å². The van der Waals surface area contributed by atoms with Crippen LogP contribution in [0.3, 0.4) is 0 Å². The van der Waals surface area contributed by atoms with Gasteiger partial charge in [-0.25, -0.2) is 13.1 Å². The van der Waals surface area contributed by atoms with E-state index in [0.717, 1.165) is 22.3 Å². The minimum Gasteiger partial charge on any atom is -0.326 e. The number of aromatic amines is 1. The molecule has 21 heavy (non-hydrogen) atoms. The Morgan fingerprint density at radius 3 is 2.48 bits per heavy atom. The molecule has 0 spiro atoms. The van der Waals surface area contributed by atoms with Gasteiger partial charge in [0.1, 0.15) is 5.02 Å². The number of benzene rings is 1. The first kappa shape index (κ1) is 16.2. The summed E-state index contributed by atoms with van der Waals surface area (Å²) in [4.78, 5) is 13.4. The number of hydrogen-bond acceptors (Lipinski definition) is 3. The molecule has 0 aliphatic carbocycles. The van der Waals surface area contributed by atoms with Crippen LogP contribution in [0.5, 0.6) is 0 Å². The molecule has 0 fully saturated rings. The van der Waals surface area contributed by atoms with Gasteiger partial charge in [0.2, 0.25) is 10.0 Å². The smallest absolute Gasteiger partial charge is 0.266 e. The Kier molecular flexibility index (Phi) is 4.88. The van der Waals surface area contributed by atoms with Crippen LogP contribution in [0.2, 0.25) is 5.02 Å². The minimum absolute atomic E-state index is 0.0870. The summed E-state index contributed by atoms with van der Waals surface area (Å²) >= 11 is 8.97. The van der Waals surface area contributed by atoms with Crippen molar-refractivity contribution in [2.45, 2.75) is 17.9 Å². The third-order valence-corrected chi connectivity index (χ3v) is 5.17. The fourth-order valence-corrected chi connectivity index (χ4v) is 3.44. The van der Waals surface area contributed by atoms with Gasteiger partial charge in [-0.05, 0) is 30.7 Å². The number of nitrogens with one attached hydrogen (secondary N) is 2. The van der Waals surface area contributed by atoms with Gasteiger partial charge in [0.25, 0.3) is 5.56 Å². The normalized spacial score (nSPS) is 13.1. The summed E-state index contributed by atoms with van der Waals surface area (Å²) in [6.07, 6.45) is 1.12. The van der Waals surface area contributed by atoms with Crippen molar-refractivity contribution in [1.29, 1.82) is 0 Å². The van der Waals surface area contributed by atoms with Crippen molar-refractivity contribution in [2.24, 2.45) is 0 Å². The fourth-order valence-electron chi connectivity index (χ4n) is 1.71. The van der Waals surface area contributed by atoms with E-state index in [2.05, 4.69) is 25.6 Å². The molecule has 1 atom stereocenters. The molecule has 8 heteroatoms. The Hall–Kier alpha value is -1.15. The zero-order valence-corrected chi connectivity index (χ0v) is 14.1. The Labute approximate surface area is 135 Å². The van der Waals surface area contributed by atoms with Crippen molar-refractivity contribution in [1.82, 2.24) is 9.71 Å². The summed E-state index contributed by atoms with van der Waals surface area (Å²) in [6.45, 7) is 1.73. The molecule has 112 valence electrons. The first-order valence-electron chi connectivity index (χ1n) is 5.95. The quantitative estimate of drug-likeness (QED) is 0.841. The van der Waals surface area contributed by atoms with Crippen LogP contribution < -0.4 is 10.3 Å². The van der Waals surface area contributed by atoms with Gasteiger partial charge in [-0.3, -0.25) is 4.79 Å². The van der Waals surface area contributed by atoms with Crippen LogP contribution in [-0.2, 0) is 10.0 Å². The van der Waals surface area contributed by atoms with Crippen molar-refractivity contribution in [3.8, 4) is 0 Å². The van der Waals surface area contributed by atoms with E-state index in [1.165, 1.54) is 0 Å². The lowest BCUT2D eigenvalue weighted by molar-refractivity contribution is 0.566. The summed E-state index contributed by atoms with van der Waals surface area (Å²) in [5, 5.41) is -0.172. The molecule has 1 heterocycles. The molecule has 0 bridgehead atoms. The van der Waals surface area contributed by atoms with Crippen molar-refractivity contribution in [2.75, 3.05) is 0 Å². The lowest BCUT2D eigenvalue weighted by Crippen LogP contribution is -2.27. The van der Waals surface area contributed by atoms with Crippen molar-refractivity contribution < 1.29 is 8.42 Å². The topological polar surface area (TPSA) is 79.0 Å². The molecule has 2 aromatic rings. The number of sulfonamides is 1. The SMILES string of the molecule is CC(NS(=O)(=O)c1c[nH]c(=O)c(Cl)c1)c1ccc(Br)cc1. The molecule has 0 saturated carbocycles. The molecule has 0 radical (unpaired) electrons. The molecular formula is C13H12BrClN2O3S. The molecule has 0 saturated heterocycles. The van der Waals surface area contributed by atoms with E-state index in [1.807, 2.05) is 24.3 Å². The van der Waals surface area contributed by atoms with Crippen LogP contribution in [0.4, 0.5) is 0 Å². The van der Waals surface area contributed by atoms with Crippen LogP contribution in [0, 0.1) is 0 Å². The molecule has 5 nitrogen and oxygen atoms in total. The highest BCUT2D eigenvalue weighted by molar-refractivity contribution is 9.10. The lowest BCUT2D eigenvalue weighted by atomic mass is 10.1. The maximum absolute atomic E-state index is 12.2. The largest absolute Gasteiger partial charge is 0.326 e. The highest BCUT2D eigenvalue weighted by Crippen LogP contribution is 2.19. The molecule has 1 unspecified atom stereocenters. The van der Waals surface area contributed by atoms with Crippen LogP contribution >= 0.6 is 27.5 Å². The molecule has 0 aliphatic rings. The average Bonchev–Trinajstić information content (AvgIpc) is 2.42. The average molecular weight is 392 g/mol. The van der Waals surface area contributed by atoms with E-state index >= 15 is 0 Å². The molecule has 0 amide bonds. The zero-order valence-electron chi connectivity index (χ0n) is 10.9. The Bertz CT molecular complexity index is 803. The first-order chi connectivity index (χ1) is 9.79. The Morgan fingerprint density at radius 1 is 1.29 bits per heavy atom. The number of halogens is 2. The number of hydrogen-bond donors (Lipinski definition) is 2. The maximum atomic E-state index is 12.2. The van der Waals surface area contributed by atoms with Gasteiger partial charge in [0.05, 0.1) is 4.90 Å². The molecule has 2 N–H and O–H groups in total. The van der Waals surface area contributed by atoms with Crippen LogP contribution in [-0.4, -0.2) is 13.4 Å². The van der Waals surface area contributed by atoms with Gasteiger partial charge in [-0.15, -0.1) is 0 Å². The van der Waals surface area contributed by atoms with Crippen molar-refractivity contribution >= 4 is 37.6 Å². The second-order valence-electron chi connectivity index (χ2n) is 4.41. The van der Waals surface area contributed by atoms with Crippen molar-refractivity contribution in [3.63, 3.8) is 0 Å². The summed E-state index contributed by atoms with van der Waals surface area (Å²) in [5.74, 6) is 0. The molecule has 1 aromatic carbocycles. The predicted molar refractivity (Wildman–Crippen MR) is 85.0 cm³/mol. The molecule has 1 aromatic heterocycles. The standard InChI is InChI=1S/C13H12BrClN2O3S/c1-8(9-2-4-10(14)5-3-9)17-21(19,20)11-6-12(15)13(18)16-7-11/h2-8,17H,1H3,(H,16,18). The van der Waals surface area contributed by atoms with Gasteiger partial charge in [-0.1, -0.05) is 39.7 Å². The van der Waals surface area contributed by atoms with E-state index in [0.29, 0.717) is 0 Å². The van der Waals surface area contributed by atoms with Gasteiger partial charge >= 0.3 is 0 Å². The summed E-state index contributed by atoms with van der Waals surface area (Å²) in [6, 6.07) is 7.99. The maximum Gasteiger partial charge on any atom is 0.266 e. The molecular weight excluding hydrogens is 380 g/mol. The number of pyridine rings is 1. The van der Waals surface area contributed by atoms with E-state index in [-0.39, 0.29) is 9.92 Å². The first-order valence-corrected chi connectivity index (χ1v) is 8.61. The summed E-state index contributed by atoms with van der Waals surface area (Å²) < 4.78 is 27.9. The number of H-pyrrole nitrogens is 1. The second kappa shape index (κ2) is 6.31. The third-order valence-electron chi connectivity index (χ3n) is 2.84. The molecule has 0 aliphatic heterocycles. The highest BCUT2D eigenvalue weighted by atomic mass is 79.9. The van der Waals surface area contributed by atoms with Gasteiger partial charge < -0.3 is 4.98 Å². The van der Waals surface area contributed by atoms with Crippen LogP contribution in [0.1, 0.15) is 18.5 Å². The predicted octanol–water partition coefficient (Wildman–Crippen LogP) is 2.83. The summed E-state index contributed by atoms with van der Waals surface area (Å²) in [7, 11) is -3.77. The van der Waals surface area contributed by atoms with E-state index in [1.54, 1.807) is 6.92 Å². The Morgan fingerprint density at radius 2 is 1.90 bits per heavy atom. The monoisotopic (exact) mass is 390 g/mol. The zero-order chi connectivity index (χ0) is 15.6. The highest BCUT2D eigenvalue weighted by Gasteiger charge is 2.19. The van der Waals surface area contributed by atoms with E-state index in [9.17, 15) is 13.2 Å². The van der Waals surface area contributed by atoms with Crippen molar-refractivity contribution in [3.05, 3.63) is 61.9 Å². The van der Waals surface area contributed by atoms with E-state index < -0.39 is 21.6 Å². The lowest BCUT2D eigenvalue weighted by Gasteiger charge is -2.14. The third kappa shape index (κ3) is 3.94. The van der Waals surface area contributed by atoms with Gasteiger partial charge in [0, 0.05) is 16.7 Å². The number of aromatic nitrogens is 1. The van der Waals surface area contributed by atoms with Crippen LogP contribution in [0.25, 0.3) is 0 Å². The molecule has 2 rings (SSSR count). The van der Waals surface area contributed by atoms with E-state index in [4.69, 9.17) is 11.6 Å². The number of rotatable bonds is 4. The summed E-state index contributed by atoms with van der Waals surface area (Å²) in [5.41, 5.74) is 0.286. The van der Waals surface area contributed by atoms with Gasteiger partial charge in [0.15, 0.2) is 0 Å². The second-order valence-corrected chi connectivity index (χ2v) is 7.44. The Balaban J connectivity index is 2.26. The fraction of sp³-hybridized carbons (Fsp3) is 0.154. The minimum atomic E-state index is -3.77.